The van der Waals surface area contributed by atoms with Gasteiger partial charge in [-0.15, -0.1) is 10.2 Å². The normalized spacial score (nSPS) is 14.2. The lowest BCUT2D eigenvalue weighted by molar-refractivity contribution is -0.129. The van der Waals surface area contributed by atoms with Gasteiger partial charge in [-0.1, -0.05) is 30.0 Å². The molecule has 7 heteroatoms. The van der Waals surface area contributed by atoms with Gasteiger partial charge in [-0.2, -0.15) is 0 Å². The molecule has 1 aromatic carbocycles. The molecule has 25 heavy (non-hydrogen) atoms. The number of nitrogens with one attached hydrogen (secondary N) is 1. The Bertz CT molecular complexity index is 716. The van der Waals surface area contributed by atoms with E-state index in [9.17, 15) is 9.59 Å². The van der Waals surface area contributed by atoms with Gasteiger partial charge in [0.15, 0.2) is 5.82 Å². The molecular formula is C18H20N4O2S. The van der Waals surface area contributed by atoms with E-state index >= 15 is 0 Å². The van der Waals surface area contributed by atoms with Gasteiger partial charge in [0, 0.05) is 18.7 Å². The number of hydrogen-bond acceptors (Lipinski definition) is 5. The highest BCUT2D eigenvalue weighted by atomic mass is 32.2. The SMILES string of the molecule is O=C(Nc1ccc(SCC(=O)N2CCCCC2)nn1)c1ccccc1. The molecule has 1 aliphatic heterocycles. The van der Waals surface area contributed by atoms with Crippen LogP contribution in [0.4, 0.5) is 5.82 Å². The van der Waals surface area contributed by atoms with Crippen molar-refractivity contribution in [2.45, 2.75) is 24.3 Å². The minimum Gasteiger partial charge on any atom is -0.342 e. The third kappa shape index (κ3) is 5.03. The Morgan fingerprint density at radius 1 is 1.00 bits per heavy atom. The molecule has 0 spiro atoms. The fourth-order valence-corrected chi connectivity index (χ4v) is 3.33. The molecular weight excluding hydrogens is 336 g/mol. The van der Waals surface area contributed by atoms with E-state index in [2.05, 4.69) is 15.5 Å². The van der Waals surface area contributed by atoms with Crippen molar-refractivity contribution in [3.05, 3.63) is 48.0 Å². The number of rotatable bonds is 5. The highest BCUT2D eigenvalue weighted by molar-refractivity contribution is 7.99. The lowest BCUT2D eigenvalue weighted by atomic mass is 10.1. The van der Waals surface area contributed by atoms with Gasteiger partial charge in [0.25, 0.3) is 5.91 Å². The number of nitrogens with zero attached hydrogens (tertiary/aromatic N) is 3. The Kier molecular flexibility index (Phi) is 6.00. The number of carbonyl (C=O) groups is 2. The van der Waals surface area contributed by atoms with E-state index in [0.29, 0.717) is 22.2 Å². The molecule has 1 aromatic heterocycles. The quantitative estimate of drug-likeness (QED) is 0.834. The third-order valence-corrected chi connectivity index (χ3v) is 4.87. The minimum absolute atomic E-state index is 0.146. The topological polar surface area (TPSA) is 75.2 Å². The van der Waals surface area contributed by atoms with E-state index in [4.69, 9.17) is 0 Å². The van der Waals surface area contributed by atoms with E-state index < -0.39 is 0 Å². The van der Waals surface area contributed by atoms with Crippen molar-refractivity contribution < 1.29 is 9.59 Å². The van der Waals surface area contributed by atoms with Gasteiger partial charge < -0.3 is 10.2 Å². The third-order valence-electron chi connectivity index (χ3n) is 3.97. The maximum atomic E-state index is 12.1. The smallest absolute Gasteiger partial charge is 0.256 e. The summed E-state index contributed by atoms with van der Waals surface area (Å²) in [6.45, 7) is 1.71. The fourth-order valence-electron chi connectivity index (χ4n) is 2.61. The van der Waals surface area contributed by atoms with Crippen LogP contribution in [0.1, 0.15) is 29.6 Å². The van der Waals surface area contributed by atoms with Crippen molar-refractivity contribution in [1.29, 1.82) is 0 Å². The maximum Gasteiger partial charge on any atom is 0.256 e. The summed E-state index contributed by atoms with van der Waals surface area (Å²) >= 11 is 1.37. The molecule has 0 aliphatic carbocycles. The fraction of sp³-hybridized carbons (Fsp3) is 0.333. The molecule has 130 valence electrons. The van der Waals surface area contributed by atoms with Crippen LogP contribution >= 0.6 is 11.8 Å². The molecule has 1 fully saturated rings. The van der Waals surface area contributed by atoms with Crippen molar-refractivity contribution in [2.75, 3.05) is 24.2 Å². The van der Waals surface area contributed by atoms with Gasteiger partial charge in [0.05, 0.1) is 5.75 Å². The average Bonchev–Trinajstić information content (AvgIpc) is 2.68. The van der Waals surface area contributed by atoms with Crippen molar-refractivity contribution in [2.24, 2.45) is 0 Å². The van der Waals surface area contributed by atoms with Gasteiger partial charge in [-0.25, -0.2) is 0 Å². The van der Waals surface area contributed by atoms with Gasteiger partial charge in [-0.3, -0.25) is 9.59 Å². The van der Waals surface area contributed by atoms with Crippen LogP contribution < -0.4 is 5.32 Å². The zero-order valence-electron chi connectivity index (χ0n) is 13.9. The van der Waals surface area contributed by atoms with Gasteiger partial charge in [0.1, 0.15) is 5.03 Å². The standard InChI is InChI=1S/C18H20N4O2S/c23-17(22-11-5-2-6-12-22)13-25-16-10-9-15(20-21-16)19-18(24)14-7-3-1-4-8-14/h1,3-4,7-10H,2,5-6,11-13H2,(H,19,20,24). The number of likely N-dealkylation sites (tertiary alicyclic amines) is 1. The molecule has 3 rings (SSSR count). The second-order valence-corrected chi connectivity index (χ2v) is 6.80. The van der Waals surface area contributed by atoms with E-state index in [1.165, 1.54) is 18.2 Å². The molecule has 0 bridgehead atoms. The first-order valence-corrected chi connectivity index (χ1v) is 9.31. The van der Waals surface area contributed by atoms with Crippen LogP contribution in [0.2, 0.25) is 0 Å². The van der Waals surface area contributed by atoms with E-state index in [1.807, 2.05) is 11.0 Å². The zero-order chi connectivity index (χ0) is 17.5. The zero-order valence-corrected chi connectivity index (χ0v) is 14.7. The van der Waals surface area contributed by atoms with Crippen LogP contribution in [0.25, 0.3) is 0 Å². The largest absolute Gasteiger partial charge is 0.342 e. The molecule has 1 aliphatic rings. The maximum absolute atomic E-state index is 12.1. The molecule has 0 atom stereocenters. The van der Waals surface area contributed by atoms with Crippen molar-refractivity contribution >= 4 is 29.4 Å². The van der Waals surface area contributed by atoms with Crippen LogP contribution in [-0.4, -0.2) is 45.8 Å². The summed E-state index contributed by atoms with van der Waals surface area (Å²) in [4.78, 5) is 26.1. The first kappa shape index (κ1) is 17.4. The number of amides is 2. The first-order valence-electron chi connectivity index (χ1n) is 8.33. The van der Waals surface area contributed by atoms with Crippen LogP contribution in [0, 0.1) is 0 Å². The van der Waals surface area contributed by atoms with Gasteiger partial charge in [0.2, 0.25) is 5.91 Å². The van der Waals surface area contributed by atoms with Crippen LogP contribution in [0.3, 0.4) is 0 Å². The summed E-state index contributed by atoms with van der Waals surface area (Å²) in [7, 11) is 0. The van der Waals surface area contributed by atoms with Crippen LogP contribution in [0.5, 0.6) is 0 Å². The molecule has 6 nitrogen and oxygen atoms in total. The molecule has 2 aromatic rings. The Morgan fingerprint density at radius 3 is 2.44 bits per heavy atom. The number of hydrogen-bond donors (Lipinski definition) is 1. The number of benzene rings is 1. The number of aromatic nitrogens is 2. The highest BCUT2D eigenvalue weighted by Gasteiger charge is 2.16. The second-order valence-electron chi connectivity index (χ2n) is 5.81. The Labute approximate surface area is 151 Å². The first-order chi connectivity index (χ1) is 12.2. The summed E-state index contributed by atoms with van der Waals surface area (Å²) < 4.78 is 0. The second kappa shape index (κ2) is 8.62. The van der Waals surface area contributed by atoms with E-state index in [-0.39, 0.29) is 11.8 Å². The Balaban J connectivity index is 1.50. The summed E-state index contributed by atoms with van der Waals surface area (Å²) in [6.07, 6.45) is 3.39. The lowest BCUT2D eigenvalue weighted by Crippen LogP contribution is -2.36. The molecule has 1 saturated heterocycles. The van der Waals surface area contributed by atoms with Crippen molar-refractivity contribution in [3.63, 3.8) is 0 Å². The molecule has 0 saturated carbocycles. The predicted molar refractivity (Wildman–Crippen MR) is 97.6 cm³/mol. The molecule has 0 unspecified atom stereocenters. The van der Waals surface area contributed by atoms with Crippen LogP contribution in [0.15, 0.2) is 47.5 Å². The highest BCUT2D eigenvalue weighted by Crippen LogP contribution is 2.18. The summed E-state index contributed by atoms with van der Waals surface area (Å²) in [5.74, 6) is 0.675. The Hall–Kier alpha value is -2.41. The average molecular weight is 356 g/mol. The van der Waals surface area contributed by atoms with E-state index in [1.54, 1.807) is 36.4 Å². The van der Waals surface area contributed by atoms with Gasteiger partial charge >= 0.3 is 0 Å². The number of piperidine rings is 1. The summed E-state index contributed by atoms with van der Waals surface area (Å²) in [5.41, 5.74) is 0.565. The molecule has 1 N–H and O–H groups in total. The number of anilines is 1. The van der Waals surface area contributed by atoms with Crippen molar-refractivity contribution in [1.82, 2.24) is 15.1 Å². The number of thioether (sulfide) groups is 1. The monoisotopic (exact) mass is 356 g/mol. The lowest BCUT2D eigenvalue weighted by Gasteiger charge is -2.26. The molecule has 0 radical (unpaired) electrons. The summed E-state index contributed by atoms with van der Waals surface area (Å²) in [6, 6.07) is 12.4. The molecule has 2 heterocycles. The number of carbonyl (C=O) groups excluding carboxylic acids is 2. The van der Waals surface area contributed by atoms with Crippen LogP contribution in [-0.2, 0) is 4.79 Å². The van der Waals surface area contributed by atoms with Crippen molar-refractivity contribution in [3.8, 4) is 0 Å². The van der Waals surface area contributed by atoms with E-state index in [0.717, 1.165) is 25.9 Å². The Morgan fingerprint density at radius 2 is 1.76 bits per heavy atom. The predicted octanol–water partition coefficient (Wildman–Crippen LogP) is 2.83. The van der Waals surface area contributed by atoms with Gasteiger partial charge in [-0.05, 0) is 43.5 Å². The minimum atomic E-state index is -0.226. The summed E-state index contributed by atoms with van der Waals surface area (Å²) in [5, 5.41) is 11.5. The molecule has 2 amide bonds.